The van der Waals surface area contributed by atoms with E-state index in [1.807, 2.05) is 26.0 Å². The predicted molar refractivity (Wildman–Crippen MR) is 164 cm³/mol. The van der Waals surface area contributed by atoms with Crippen molar-refractivity contribution in [3.63, 3.8) is 0 Å². The highest BCUT2D eigenvalue weighted by atomic mass is 32.2. The van der Waals surface area contributed by atoms with Crippen LogP contribution in [0.2, 0.25) is 0 Å². The summed E-state index contributed by atoms with van der Waals surface area (Å²) in [5, 5.41) is 4.62. The molecule has 0 saturated carbocycles. The van der Waals surface area contributed by atoms with E-state index < -0.39 is 10.7 Å². The SMILES string of the molecule is CC(=O)N1CCN(C(=O)CN2C(=O)CS[C@@H](c3ccccc3F)c3c(C(C)(C)C)nn(-c4ccc(C)cc4C)c32)CC1. The normalized spacial score (nSPS) is 17.7. The molecule has 1 saturated heterocycles. The molecular weight excluding hydrogens is 553 g/mol. The minimum atomic E-state index is -0.502. The molecule has 0 bridgehead atoms. The lowest BCUT2D eigenvalue weighted by atomic mass is 9.87. The van der Waals surface area contributed by atoms with Crippen LogP contribution in [0.1, 0.15) is 60.9 Å². The van der Waals surface area contributed by atoms with Gasteiger partial charge in [0.25, 0.3) is 0 Å². The number of carbonyl (C=O) groups excluding carboxylic acids is 3. The Labute approximate surface area is 250 Å². The van der Waals surface area contributed by atoms with Gasteiger partial charge in [0, 0.05) is 49.6 Å². The summed E-state index contributed by atoms with van der Waals surface area (Å²) in [5.41, 5.74) is 4.40. The van der Waals surface area contributed by atoms with Gasteiger partial charge < -0.3 is 9.80 Å². The molecule has 3 heterocycles. The summed E-state index contributed by atoms with van der Waals surface area (Å²) in [5.74, 6) is -0.209. The molecule has 3 aromatic rings. The largest absolute Gasteiger partial charge is 0.339 e. The Morgan fingerprint density at radius 3 is 2.31 bits per heavy atom. The smallest absolute Gasteiger partial charge is 0.242 e. The predicted octanol–water partition coefficient (Wildman–Crippen LogP) is 4.79. The van der Waals surface area contributed by atoms with Crippen LogP contribution in [0.4, 0.5) is 10.2 Å². The summed E-state index contributed by atoms with van der Waals surface area (Å²) < 4.78 is 17.2. The van der Waals surface area contributed by atoms with E-state index in [-0.39, 0.29) is 35.8 Å². The summed E-state index contributed by atoms with van der Waals surface area (Å²) in [6.07, 6.45) is 0. The fourth-order valence-electron chi connectivity index (χ4n) is 5.72. The first-order valence-corrected chi connectivity index (χ1v) is 15.3. The third-order valence-corrected chi connectivity index (χ3v) is 9.18. The zero-order chi connectivity index (χ0) is 30.3. The number of amides is 3. The maximum Gasteiger partial charge on any atom is 0.242 e. The minimum absolute atomic E-state index is 0.0160. The Bertz CT molecular complexity index is 1540. The summed E-state index contributed by atoms with van der Waals surface area (Å²) in [7, 11) is 0. The van der Waals surface area contributed by atoms with Gasteiger partial charge in [-0.2, -0.15) is 5.10 Å². The van der Waals surface area contributed by atoms with Crippen LogP contribution in [0.5, 0.6) is 0 Å². The number of halogens is 1. The lowest BCUT2D eigenvalue weighted by Crippen LogP contribution is -2.53. The number of aromatic nitrogens is 2. The van der Waals surface area contributed by atoms with Crippen LogP contribution in [0.25, 0.3) is 5.69 Å². The monoisotopic (exact) mass is 591 g/mol. The van der Waals surface area contributed by atoms with Crippen LogP contribution >= 0.6 is 11.8 Å². The summed E-state index contributed by atoms with van der Waals surface area (Å²) in [6.45, 7) is 13.3. The summed E-state index contributed by atoms with van der Waals surface area (Å²) in [4.78, 5) is 44.4. The van der Waals surface area contributed by atoms with Crippen LogP contribution in [0.3, 0.4) is 0 Å². The van der Waals surface area contributed by atoms with Crippen LogP contribution in [-0.4, -0.2) is 75.8 Å². The first-order valence-electron chi connectivity index (χ1n) is 14.3. The third kappa shape index (κ3) is 5.69. The van der Waals surface area contributed by atoms with Gasteiger partial charge in [0.2, 0.25) is 17.7 Å². The van der Waals surface area contributed by atoms with Crippen molar-refractivity contribution >= 4 is 35.3 Å². The Morgan fingerprint density at radius 1 is 1.02 bits per heavy atom. The average molecular weight is 592 g/mol. The number of thioether (sulfide) groups is 1. The molecule has 1 aromatic heterocycles. The molecule has 0 spiro atoms. The molecule has 1 fully saturated rings. The van der Waals surface area contributed by atoms with Gasteiger partial charge in [-0.25, -0.2) is 9.07 Å². The van der Waals surface area contributed by atoms with Gasteiger partial charge in [-0.05, 0) is 31.5 Å². The number of hydrogen-bond donors (Lipinski definition) is 0. The van der Waals surface area contributed by atoms with Crippen LogP contribution in [-0.2, 0) is 19.8 Å². The topological polar surface area (TPSA) is 78.8 Å². The van der Waals surface area contributed by atoms with Crippen LogP contribution in [0, 0.1) is 19.7 Å². The Morgan fingerprint density at radius 2 is 1.69 bits per heavy atom. The highest BCUT2D eigenvalue weighted by Crippen LogP contribution is 2.49. The zero-order valence-corrected chi connectivity index (χ0v) is 25.9. The molecule has 8 nitrogen and oxygen atoms in total. The highest BCUT2D eigenvalue weighted by Gasteiger charge is 2.41. The van der Waals surface area contributed by atoms with Crippen molar-refractivity contribution in [1.82, 2.24) is 19.6 Å². The number of carbonyl (C=O) groups is 3. The van der Waals surface area contributed by atoms with Gasteiger partial charge in [0.15, 0.2) is 0 Å². The van der Waals surface area contributed by atoms with E-state index in [2.05, 4.69) is 26.8 Å². The molecule has 2 aliphatic rings. The lowest BCUT2D eigenvalue weighted by molar-refractivity contribution is -0.137. The molecule has 222 valence electrons. The average Bonchev–Trinajstić information content (AvgIpc) is 3.27. The number of nitrogens with zero attached hydrogens (tertiary/aromatic N) is 5. The Kier molecular flexibility index (Phi) is 8.20. The first kappa shape index (κ1) is 29.8. The fourth-order valence-corrected chi connectivity index (χ4v) is 6.94. The fraction of sp³-hybridized carbons (Fsp3) is 0.438. The second-order valence-electron chi connectivity index (χ2n) is 12.1. The molecule has 2 aromatic carbocycles. The van der Waals surface area contributed by atoms with Crippen molar-refractivity contribution in [2.24, 2.45) is 0 Å². The van der Waals surface area contributed by atoms with Crippen molar-refractivity contribution in [2.75, 3.05) is 43.4 Å². The van der Waals surface area contributed by atoms with Gasteiger partial charge in [-0.3, -0.25) is 19.3 Å². The summed E-state index contributed by atoms with van der Waals surface area (Å²) >= 11 is 1.36. The van der Waals surface area contributed by atoms with Crippen LogP contribution < -0.4 is 4.90 Å². The number of fused-ring (bicyclic) bond motifs is 1. The highest BCUT2D eigenvalue weighted by molar-refractivity contribution is 8.00. The van der Waals surface area contributed by atoms with Gasteiger partial charge in [0.1, 0.15) is 18.2 Å². The van der Waals surface area contributed by atoms with E-state index in [0.29, 0.717) is 37.6 Å². The molecule has 10 heteroatoms. The van der Waals surface area contributed by atoms with E-state index in [1.54, 1.807) is 37.6 Å². The van der Waals surface area contributed by atoms with E-state index in [1.165, 1.54) is 24.8 Å². The second kappa shape index (κ2) is 11.6. The second-order valence-corrected chi connectivity index (χ2v) is 13.2. The van der Waals surface area contributed by atoms with E-state index in [0.717, 1.165) is 28.1 Å². The molecule has 0 aliphatic carbocycles. The number of hydrogen-bond acceptors (Lipinski definition) is 5. The van der Waals surface area contributed by atoms with Crippen molar-refractivity contribution in [3.8, 4) is 5.69 Å². The molecule has 1 atom stereocenters. The summed E-state index contributed by atoms with van der Waals surface area (Å²) in [6, 6.07) is 12.7. The molecule has 0 unspecified atom stereocenters. The van der Waals surface area contributed by atoms with Gasteiger partial charge in [-0.15, -0.1) is 11.8 Å². The molecule has 42 heavy (non-hydrogen) atoms. The number of rotatable bonds is 4. The maximum atomic E-state index is 15.4. The molecule has 2 aliphatic heterocycles. The van der Waals surface area contributed by atoms with Gasteiger partial charge >= 0.3 is 0 Å². The van der Waals surface area contributed by atoms with Crippen molar-refractivity contribution in [2.45, 2.75) is 52.2 Å². The number of anilines is 1. The van der Waals surface area contributed by atoms with Crippen molar-refractivity contribution in [3.05, 3.63) is 76.2 Å². The standard InChI is InChI=1S/C32H38FN5O3S/c1-20-11-12-25(21(2)17-20)38-31-28(30(34-38)32(4,5)6)29(23-9-7-8-10-24(23)33)42-19-27(41)37(31)18-26(40)36-15-13-35(14-16-36)22(3)39/h7-12,17,29H,13-16,18-19H2,1-6H3/t29-/m0/s1. The molecular formula is C32H38FN5O3S. The van der Waals surface area contributed by atoms with E-state index >= 15 is 4.39 Å². The number of benzene rings is 2. The third-order valence-electron chi connectivity index (χ3n) is 7.94. The van der Waals surface area contributed by atoms with Crippen molar-refractivity contribution < 1.29 is 18.8 Å². The Balaban J connectivity index is 1.68. The molecule has 3 amide bonds. The number of aryl methyl sites for hydroxylation is 2. The van der Waals surface area contributed by atoms with Crippen molar-refractivity contribution in [1.29, 1.82) is 0 Å². The lowest BCUT2D eigenvalue weighted by Gasteiger charge is -2.35. The van der Waals surface area contributed by atoms with Crippen LogP contribution in [0.15, 0.2) is 42.5 Å². The maximum absolute atomic E-state index is 15.4. The van der Waals surface area contributed by atoms with Gasteiger partial charge in [-0.1, -0.05) is 56.7 Å². The first-order chi connectivity index (χ1) is 19.9. The van der Waals surface area contributed by atoms with E-state index in [9.17, 15) is 14.4 Å². The molecule has 5 rings (SSSR count). The minimum Gasteiger partial charge on any atom is -0.339 e. The van der Waals surface area contributed by atoms with E-state index in [4.69, 9.17) is 5.10 Å². The van der Waals surface area contributed by atoms with Gasteiger partial charge in [0.05, 0.1) is 22.4 Å². The quantitative estimate of drug-likeness (QED) is 0.436. The Hall–Kier alpha value is -3.66. The molecule has 0 N–H and O–H groups in total. The zero-order valence-electron chi connectivity index (χ0n) is 25.1. The number of piperazine rings is 1. The molecule has 0 radical (unpaired) electrons.